The molecule has 2 aromatic heterocycles. The van der Waals surface area contributed by atoms with Crippen LogP contribution in [0.25, 0.3) is 11.1 Å². The molecule has 0 fully saturated rings. The van der Waals surface area contributed by atoms with E-state index in [9.17, 15) is 4.79 Å². The second kappa shape index (κ2) is 7.48. The summed E-state index contributed by atoms with van der Waals surface area (Å²) in [6.07, 6.45) is 9.08. The van der Waals surface area contributed by atoms with Gasteiger partial charge in [-0.2, -0.15) is 0 Å². The molecule has 0 bridgehead atoms. The summed E-state index contributed by atoms with van der Waals surface area (Å²) in [6.45, 7) is 1.92. The van der Waals surface area contributed by atoms with Gasteiger partial charge in [-0.05, 0) is 36.2 Å². The maximum Gasteiger partial charge on any atom is 0.260 e. The van der Waals surface area contributed by atoms with Crippen LogP contribution in [-0.2, 0) is 16.8 Å². The third-order valence-electron chi connectivity index (χ3n) is 5.52. The highest BCUT2D eigenvalue weighted by Crippen LogP contribution is 2.42. The van der Waals surface area contributed by atoms with Gasteiger partial charge in [-0.25, -0.2) is 19.9 Å². The monoisotopic (exact) mass is 449 g/mol. The smallest absolute Gasteiger partial charge is 0.260 e. The van der Waals surface area contributed by atoms with Gasteiger partial charge in [-0.15, -0.1) is 0 Å². The summed E-state index contributed by atoms with van der Waals surface area (Å²) in [7, 11) is 0. The van der Waals surface area contributed by atoms with Gasteiger partial charge >= 0.3 is 0 Å². The Kier molecular flexibility index (Phi) is 4.76. The number of nitrogens with zero attached hydrogens (tertiary/aromatic N) is 5. The average molecular weight is 450 g/mol. The van der Waals surface area contributed by atoms with Crippen LogP contribution < -0.4 is 4.90 Å². The maximum absolute atomic E-state index is 13.6. The molecule has 0 N–H and O–H groups in total. The van der Waals surface area contributed by atoms with Gasteiger partial charge in [0.05, 0.1) is 5.69 Å². The number of carbonyl (C=O) groups is 1. The van der Waals surface area contributed by atoms with Gasteiger partial charge < -0.3 is 4.57 Å². The minimum Gasteiger partial charge on any atom is -0.301 e. The van der Waals surface area contributed by atoms with Crippen molar-refractivity contribution in [2.24, 2.45) is 0 Å². The first kappa shape index (κ1) is 19.7. The van der Waals surface area contributed by atoms with Crippen molar-refractivity contribution in [1.82, 2.24) is 19.5 Å². The molecule has 1 aliphatic rings. The number of fused-ring (bicyclic) bond motifs is 1. The Morgan fingerprint density at radius 2 is 1.65 bits per heavy atom. The van der Waals surface area contributed by atoms with E-state index < -0.39 is 5.54 Å². The highest BCUT2D eigenvalue weighted by atomic mass is 35.5. The molecule has 1 amide bonds. The number of anilines is 2. The first-order valence-corrected chi connectivity index (χ1v) is 10.4. The van der Waals surface area contributed by atoms with Crippen molar-refractivity contribution in [3.05, 3.63) is 89.2 Å². The highest BCUT2D eigenvalue weighted by molar-refractivity contribution is 6.35. The fourth-order valence-electron chi connectivity index (χ4n) is 4.00. The Morgan fingerprint density at radius 1 is 0.968 bits per heavy atom. The number of hydrogen-bond donors (Lipinski definition) is 0. The summed E-state index contributed by atoms with van der Waals surface area (Å²) in [5, 5.41) is 0.921. The molecular formula is C23H17Cl2N5O. The number of carbonyl (C=O) groups excluding carboxylic acids is 1. The van der Waals surface area contributed by atoms with Gasteiger partial charge in [0.2, 0.25) is 5.95 Å². The highest BCUT2D eigenvalue weighted by Gasteiger charge is 2.48. The fraction of sp³-hybridized carbons (Fsp3) is 0.130. The number of halogens is 2. The zero-order valence-electron chi connectivity index (χ0n) is 16.5. The number of benzene rings is 2. The van der Waals surface area contributed by atoms with Crippen LogP contribution in [0.3, 0.4) is 0 Å². The minimum atomic E-state index is -0.835. The predicted molar refractivity (Wildman–Crippen MR) is 121 cm³/mol. The summed E-state index contributed by atoms with van der Waals surface area (Å²) < 4.78 is 1.91. The topological polar surface area (TPSA) is 63.9 Å². The van der Waals surface area contributed by atoms with Crippen LogP contribution >= 0.6 is 23.2 Å². The van der Waals surface area contributed by atoms with E-state index in [4.69, 9.17) is 23.2 Å². The van der Waals surface area contributed by atoms with Crippen molar-refractivity contribution in [3.63, 3.8) is 0 Å². The Morgan fingerprint density at radius 3 is 2.32 bits per heavy atom. The molecule has 3 heterocycles. The van der Waals surface area contributed by atoms with Gasteiger partial charge in [0.15, 0.2) is 0 Å². The van der Waals surface area contributed by atoms with Crippen LogP contribution in [0.1, 0.15) is 12.5 Å². The number of amides is 1. The quantitative estimate of drug-likeness (QED) is 0.424. The molecule has 6 nitrogen and oxygen atoms in total. The van der Waals surface area contributed by atoms with Gasteiger partial charge in [-0.3, -0.25) is 4.79 Å². The second-order valence-electron chi connectivity index (χ2n) is 7.64. The number of aromatic nitrogens is 4. The molecule has 5 rings (SSSR count). The van der Waals surface area contributed by atoms with E-state index in [-0.39, 0.29) is 5.91 Å². The summed E-state index contributed by atoms with van der Waals surface area (Å²) in [6, 6.07) is 13.1. The Bertz CT molecular complexity index is 1250. The molecule has 1 unspecified atom stereocenters. The molecular weight excluding hydrogens is 433 g/mol. The molecule has 1 aliphatic heterocycles. The largest absolute Gasteiger partial charge is 0.301 e. The lowest BCUT2D eigenvalue weighted by Gasteiger charge is -2.25. The number of imidazole rings is 1. The molecule has 154 valence electrons. The predicted octanol–water partition coefficient (Wildman–Crippen LogP) is 5.28. The van der Waals surface area contributed by atoms with Gasteiger partial charge in [-0.1, -0.05) is 47.5 Å². The molecule has 0 radical (unpaired) electrons. The van der Waals surface area contributed by atoms with Crippen LogP contribution in [0.4, 0.5) is 11.6 Å². The van der Waals surface area contributed by atoms with E-state index in [1.165, 1.54) is 6.33 Å². The Hall–Kier alpha value is -3.22. The van der Waals surface area contributed by atoms with E-state index >= 15 is 0 Å². The zero-order chi connectivity index (χ0) is 21.6. The SMILES string of the molecule is CC1(Cc2ccc(-c3cncnc3)cc2)C(=O)N(c2cc(Cl)cc(Cl)c2)c2nccn21. The van der Waals surface area contributed by atoms with Gasteiger partial charge in [0.1, 0.15) is 11.9 Å². The van der Waals surface area contributed by atoms with Crippen LogP contribution in [0.2, 0.25) is 10.0 Å². The lowest BCUT2D eigenvalue weighted by atomic mass is 9.91. The standard InChI is InChI=1S/C23H17Cl2N5O/c1-23(11-15-2-4-16(5-3-15)17-12-26-14-27-13-17)21(31)30(22-28-6-7-29(22)23)20-9-18(24)8-19(25)10-20/h2-10,12-14H,11H2,1H3. The van der Waals surface area contributed by atoms with Crippen molar-refractivity contribution in [2.75, 3.05) is 4.90 Å². The van der Waals surface area contributed by atoms with Crippen LogP contribution in [0, 0.1) is 0 Å². The summed E-state index contributed by atoms with van der Waals surface area (Å²) in [4.78, 5) is 27.8. The molecule has 0 saturated carbocycles. The minimum absolute atomic E-state index is 0.0885. The molecule has 0 saturated heterocycles. The van der Waals surface area contributed by atoms with Crippen molar-refractivity contribution in [3.8, 4) is 11.1 Å². The van der Waals surface area contributed by atoms with E-state index in [1.54, 1.807) is 41.7 Å². The molecule has 1 atom stereocenters. The van der Waals surface area contributed by atoms with E-state index in [0.29, 0.717) is 28.1 Å². The molecule has 8 heteroatoms. The second-order valence-corrected chi connectivity index (χ2v) is 8.51. The molecule has 0 aliphatic carbocycles. The molecule has 31 heavy (non-hydrogen) atoms. The van der Waals surface area contributed by atoms with Crippen molar-refractivity contribution in [2.45, 2.75) is 18.9 Å². The lowest BCUT2D eigenvalue weighted by Crippen LogP contribution is -2.40. The van der Waals surface area contributed by atoms with Crippen LogP contribution in [0.5, 0.6) is 0 Å². The zero-order valence-corrected chi connectivity index (χ0v) is 18.0. The van der Waals surface area contributed by atoms with E-state index in [1.807, 2.05) is 42.0 Å². The van der Waals surface area contributed by atoms with Crippen LogP contribution in [0.15, 0.2) is 73.6 Å². The Labute approximate surface area is 189 Å². The third kappa shape index (κ3) is 3.38. The summed E-state index contributed by atoms with van der Waals surface area (Å²) >= 11 is 12.4. The van der Waals surface area contributed by atoms with E-state index in [0.717, 1.165) is 16.7 Å². The first-order valence-electron chi connectivity index (χ1n) is 9.64. The fourth-order valence-corrected chi connectivity index (χ4v) is 4.52. The maximum atomic E-state index is 13.6. The van der Waals surface area contributed by atoms with Gasteiger partial charge in [0.25, 0.3) is 5.91 Å². The summed E-state index contributed by atoms with van der Waals surface area (Å²) in [5.41, 5.74) is 2.75. The van der Waals surface area contributed by atoms with E-state index in [2.05, 4.69) is 15.0 Å². The third-order valence-corrected chi connectivity index (χ3v) is 5.95. The first-order chi connectivity index (χ1) is 15.0. The van der Waals surface area contributed by atoms with Crippen molar-refractivity contribution in [1.29, 1.82) is 0 Å². The van der Waals surface area contributed by atoms with Crippen molar-refractivity contribution >= 4 is 40.7 Å². The number of hydrogen-bond acceptors (Lipinski definition) is 4. The number of rotatable bonds is 4. The lowest BCUT2D eigenvalue weighted by molar-refractivity contribution is -0.123. The Balaban J connectivity index is 1.49. The average Bonchev–Trinajstić information content (AvgIpc) is 3.31. The molecule has 4 aromatic rings. The van der Waals surface area contributed by atoms with Gasteiger partial charge in [0, 0.05) is 46.8 Å². The summed E-state index contributed by atoms with van der Waals surface area (Å²) in [5.74, 6) is 0.457. The molecule has 2 aromatic carbocycles. The normalized spacial score (nSPS) is 17.8. The van der Waals surface area contributed by atoms with Crippen LogP contribution in [-0.4, -0.2) is 25.4 Å². The van der Waals surface area contributed by atoms with Crippen molar-refractivity contribution < 1.29 is 4.79 Å². The molecule has 0 spiro atoms.